The number of hydrogen-bond donors (Lipinski definition) is 4. The highest BCUT2D eigenvalue weighted by atomic mass is 16.6. The van der Waals surface area contributed by atoms with Gasteiger partial charge in [-0.15, -0.1) is 0 Å². The van der Waals surface area contributed by atoms with Gasteiger partial charge in [-0.1, -0.05) is 6.58 Å². The van der Waals surface area contributed by atoms with E-state index in [1.807, 2.05) is 0 Å². The highest BCUT2D eigenvalue weighted by molar-refractivity contribution is 5.93. The highest BCUT2D eigenvalue weighted by Gasteiger charge is 2.23. The summed E-state index contributed by atoms with van der Waals surface area (Å²) < 4.78 is 10.1. The molecule has 2 amide bonds. The molecule has 0 bridgehead atoms. The number of carbonyl (C=O) groups is 4. The molecule has 198 valence electrons. The Balaban J connectivity index is 0. The van der Waals surface area contributed by atoms with Gasteiger partial charge >= 0.3 is 18.2 Å². The van der Waals surface area contributed by atoms with Crippen LogP contribution in [0, 0.1) is 0 Å². The summed E-state index contributed by atoms with van der Waals surface area (Å²) in [6, 6.07) is -1.03. The van der Waals surface area contributed by atoms with Crippen molar-refractivity contribution < 1.29 is 33.8 Å². The number of ether oxygens (including phenoxy) is 2. The number of carboxylic acid groups (broad SMARTS) is 1. The van der Waals surface area contributed by atoms with Gasteiger partial charge in [0.25, 0.3) is 0 Å². The maximum Gasteiger partial charge on any atom is 0.408 e. The molecule has 0 aromatic heterocycles. The number of allylic oxidation sites excluding steroid dienone is 1. The van der Waals surface area contributed by atoms with Crippen molar-refractivity contribution in [2.75, 3.05) is 13.1 Å². The molecule has 34 heavy (non-hydrogen) atoms. The van der Waals surface area contributed by atoms with Gasteiger partial charge in [0, 0.05) is 13.0 Å². The number of carboxylic acids is 1. The molecular weight excluding hydrogens is 442 g/mol. The van der Waals surface area contributed by atoms with Crippen LogP contribution in [-0.4, -0.2) is 59.4 Å². The molecule has 0 aliphatic carbocycles. The maximum absolute atomic E-state index is 11.6. The van der Waals surface area contributed by atoms with Crippen molar-refractivity contribution in [2.24, 2.45) is 5.73 Å². The van der Waals surface area contributed by atoms with Crippen molar-refractivity contribution in [3.8, 4) is 0 Å². The van der Waals surface area contributed by atoms with E-state index in [1.165, 1.54) is 0 Å². The number of unbranched alkanes of at least 4 members (excludes halogenated alkanes) is 2. The summed E-state index contributed by atoms with van der Waals surface area (Å²) in [6.07, 6.45) is 2.48. The average molecular weight is 488 g/mol. The number of alkyl carbamates (subject to hydrolysis) is 2. The summed E-state index contributed by atoms with van der Waals surface area (Å²) in [7, 11) is 0. The Morgan fingerprint density at radius 3 is 1.88 bits per heavy atom. The fraction of sp³-hybridized carbons (Fsp3) is 0.750. The van der Waals surface area contributed by atoms with Crippen LogP contribution in [0.5, 0.6) is 0 Å². The molecule has 0 spiro atoms. The van der Waals surface area contributed by atoms with Gasteiger partial charge in [0.1, 0.15) is 17.2 Å². The van der Waals surface area contributed by atoms with Gasteiger partial charge in [0.15, 0.2) is 5.78 Å². The Labute approximate surface area is 204 Å². The minimum absolute atomic E-state index is 0.161. The molecule has 0 rings (SSSR count). The van der Waals surface area contributed by atoms with E-state index in [4.69, 9.17) is 20.3 Å². The molecule has 0 aliphatic rings. The molecule has 0 radical (unpaired) electrons. The predicted molar refractivity (Wildman–Crippen MR) is 132 cm³/mol. The Morgan fingerprint density at radius 1 is 0.912 bits per heavy atom. The summed E-state index contributed by atoms with van der Waals surface area (Å²) >= 11 is 0. The van der Waals surface area contributed by atoms with Crippen LogP contribution in [0.2, 0.25) is 0 Å². The minimum Gasteiger partial charge on any atom is -0.480 e. The van der Waals surface area contributed by atoms with Gasteiger partial charge in [-0.3, -0.25) is 4.79 Å². The quantitative estimate of drug-likeness (QED) is 0.238. The summed E-state index contributed by atoms with van der Waals surface area (Å²) in [4.78, 5) is 45.1. The van der Waals surface area contributed by atoms with E-state index in [0.717, 1.165) is 12.8 Å². The van der Waals surface area contributed by atoms with E-state index in [9.17, 15) is 19.2 Å². The van der Waals surface area contributed by atoms with Gasteiger partial charge in [-0.05, 0) is 92.7 Å². The predicted octanol–water partition coefficient (Wildman–Crippen LogP) is 3.92. The largest absolute Gasteiger partial charge is 0.480 e. The van der Waals surface area contributed by atoms with E-state index >= 15 is 0 Å². The first-order valence-corrected chi connectivity index (χ1v) is 11.6. The molecule has 0 fully saturated rings. The standard InChI is InChI=1S/C16H30N2O6.C8H15NO/c1-15(2,3)23-13(21)17-10-8-7-9-11(12(19)20)18-14(22)24-16(4,5)6;1-7(2)8(10)5-3-4-6-9/h11H,7-10H2,1-6H3,(H,17,21)(H,18,22)(H,19,20);1,3-6,9H2,2H3. The second-order valence-electron chi connectivity index (χ2n) is 9.91. The first-order chi connectivity index (χ1) is 15.5. The lowest BCUT2D eigenvalue weighted by Crippen LogP contribution is -2.43. The number of ketones is 1. The zero-order valence-electron chi connectivity index (χ0n) is 21.9. The summed E-state index contributed by atoms with van der Waals surface area (Å²) in [5.74, 6) is -0.964. The van der Waals surface area contributed by atoms with Crippen LogP contribution in [-0.2, 0) is 19.1 Å². The van der Waals surface area contributed by atoms with Gasteiger partial charge in [-0.25, -0.2) is 14.4 Å². The van der Waals surface area contributed by atoms with Crippen LogP contribution in [0.25, 0.3) is 0 Å². The van der Waals surface area contributed by atoms with Crippen molar-refractivity contribution in [1.29, 1.82) is 0 Å². The zero-order chi connectivity index (χ0) is 26.9. The van der Waals surface area contributed by atoms with Crippen LogP contribution in [0.15, 0.2) is 12.2 Å². The number of hydrogen-bond acceptors (Lipinski definition) is 7. The molecule has 1 atom stereocenters. The number of aliphatic carboxylic acids is 1. The number of Topliss-reactive ketones (excluding diaryl/α,β-unsaturated/α-hetero) is 1. The summed E-state index contributed by atoms with van der Waals surface area (Å²) in [6.45, 7) is 16.7. The first-order valence-electron chi connectivity index (χ1n) is 11.6. The van der Waals surface area contributed by atoms with Crippen LogP contribution < -0.4 is 16.4 Å². The van der Waals surface area contributed by atoms with Crippen molar-refractivity contribution in [3.63, 3.8) is 0 Å². The van der Waals surface area contributed by atoms with Crippen LogP contribution in [0.3, 0.4) is 0 Å². The third-order valence-electron chi connectivity index (χ3n) is 3.91. The van der Waals surface area contributed by atoms with Gasteiger partial charge < -0.3 is 30.9 Å². The highest BCUT2D eigenvalue weighted by Crippen LogP contribution is 2.09. The van der Waals surface area contributed by atoms with Crippen LogP contribution in [0.4, 0.5) is 9.59 Å². The molecule has 5 N–H and O–H groups in total. The second kappa shape index (κ2) is 16.9. The van der Waals surface area contributed by atoms with Crippen molar-refractivity contribution in [2.45, 2.75) is 104 Å². The Kier molecular flexibility index (Phi) is 16.7. The van der Waals surface area contributed by atoms with Gasteiger partial charge in [0.2, 0.25) is 0 Å². The van der Waals surface area contributed by atoms with E-state index in [2.05, 4.69) is 17.2 Å². The molecule has 0 saturated heterocycles. The lowest BCUT2D eigenvalue weighted by molar-refractivity contribution is -0.139. The Hall–Kier alpha value is -2.62. The van der Waals surface area contributed by atoms with Gasteiger partial charge in [-0.2, -0.15) is 0 Å². The zero-order valence-corrected chi connectivity index (χ0v) is 21.9. The molecule has 1 unspecified atom stereocenters. The number of nitrogens with one attached hydrogen (secondary N) is 2. The molecule has 0 aliphatic heterocycles. The van der Waals surface area contributed by atoms with Crippen LogP contribution >= 0.6 is 0 Å². The van der Waals surface area contributed by atoms with E-state index in [0.29, 0.717) is 37.9 Å². The van der Waals surface area contributed by atoms with Crippen molar-refractivity contribution >= 4 is 23.9 Å². The second-order valence-corrected chi connectivity index (χ2v) is 9.91. The third-order valence-corrected chi connectivity index (χ3v) is 3.91. The fourth-order valence-corrected chi connectivity index (χ4v) is 2.33. The minimum atomic E-state index is -1.12. The summed E-state index contributed by atoms with van der Waals surface area (Å²) in [5.41, 5.74) is 4.66. The Morgan fingerprint density at radius 2 is 1.44 bits per heavy atom. The molecule has 10 nitrogen and oxygen atoms in total. The van der Waals surface area contributed by atoms with Crippen molar-refractivity contribution in [3.05, 3.63) is 12.2 Å². The smallest absolute Gasteiger partial charge is 0.408 e. The van der Waals surface area contributed by atoms with Crippen LogP contribution in [0.1, 0.15) is 87.0 Å². The molecule has 0 aromatic rings. The normalized spacial score (nSPS) is 11.9. The molecule has 0 heterocycles. The lowest BCUT2D eigenvalue weighted by Gasteiger charge is -2.22. The Bertz CT molecular complexity index is 664. The lowest BCUT2D eigenvalue weighted by atomic mass is 10.1. The van der Waals surface area contributed by atoms with E-state index < -0.39 is 35.4 Å². The topological polar surface area (TPSA) is 157 Å². The molecular formula is C24H45N3O7. The molecule has 10 heteroatoms. The first kappa shape index (κ1) is 33.6. The monoisotopic (exact) mass is 487 g/mol. The number of rotatable bonds is 12. The maximum atomic E-state index is 11.6. The SMILES string of the molecule is C=C(C)C(=O)CCCCN.CC(C)(C)OC(=O)NCCCCC(NC(=O)OC(C)(C)C)C(=O)O. The van der Waals surface area contributed by atoms with E-state index in [1.54, 1.807) is 48.5 Å². The van der Waals surface area contributed by atoms with Crippen molar-refractivity contribution in [1.82, 2.24) is 10.6 Å². The average Bonchev–Trinajstić information content (AvgIpc) is 2.64. The molecule has 0 aromatic carbocycles. The van der Waals surface area contributed by atoms with E-state index in [-0.39, 0.29) is 12.2 Å². The number of nitrogens with two attached hydrogens (primary N) is 1. The van der Waals surface area contributed by atoms with Gasteiger partial charge in [0.05, 0.1) is 0 Å². The molecule has 0 saturated carbocycles. The summed E-state index contributed by atoms with van der Waals surface area (Å²) in [5, 5.41) is 14.1. The fourth-order valence-electron chi connectivity index (χ4n) is 2.33. The number of amides is 2. The number of carbonyl (C=O) groups excluding carboxylic acids is 3. The third kappa shape index (κ3) is 22.6.